The molecule has 2 aliphatic carbocycles. The predicted molar refractivity (Wildman–Crippen MR) is 86.4 cm³/mol. The zero-order valence-electron chi connectivity index (χ0n) is 14.2. The predicted octanol–water partition coefficient (Wildman–Crippen LogP) is 6.34. The van der Waals surface area contributed by atoms with Crippen LogP contribution in [0.3, 0.4) is 0 Å². The van der Waals surface area contributed by atoms with Crippen LogP contribution in [0, 0.1) is 11.7 Å². The highest BCUT2D eigenvalue weighted by Gasteiger charge is 2.36. The lowest BCUT2D eigenvalue weighted by Crippen LogP contribution is -2.19. The van der Waals surface area contributed by atoms with Gasteiger partial charge in [-0.15, -0.1) is 13.2 Å². The highest BCUT2D eigenvalue weighted by atomic mass is 19.4. The Morgan fingerprint density at radius 2 is 1.60 bits per heavy atom. The molecule has 2 aliphatic rings. The average Bonchev–Trinajstić information content (AvgIpc) is 3.23. The van der Waals surface area contributed by atoms with Crippen molar-refractivity contribution in [3.05, 3.63) is 23.5 Å². The summed E-state index contributed by atoms with van der Waals surface area (Å²) in [4.78, 5) is 0. The number of benzene rings is 1. The van der Waals surface area contributed by atoms with Crippen molar-refractivity contribution < 1.29 is 27.0 Å². The summed E-state index contributed by atoms with van der Waals surface area (Å²) in [6.45, 7) is 0.279. The van der Waals surface area contributed by atoms with Gasteiger partial charge in [-0.05, 0) is 42.7 Å². The molecule has 0 saturated heterocycles. The Balaban J connectivity index is 1.76. The summed E-state index contributed by atoms with van der Waals surface area (Å²) in [6.07, 6.45) is 4.01. The second kappa shape index (κ2) is 7.83. The van der Waals surface area contributed by atoms with Gasteiger partial charge in [0.2, 0.25) is 5.75 Å². The van der Waals surface area contributed by atoms with Gasteiger partial charge in [-0.25, -0.2) is 4.39 Å². The first-order valence-corrected chi connectivity index (χ1v) is 9.15. The largest absolute Gasteiger partial charge is 0.573 e. The number of halogens is 4. The number of ether oxygens (including phenoxy) is 2. The molecular formula is C19H24F4O2. The fraction of sp³-hybridized carbons (Fsp3) is 0.684. The first-order chi connectivity index (χ1) is 11.9. The van der Waals surface area contributed by atoms with E-state index in [1.54, 1.807) is 6.07 Å². The van der Waals surface area contributed by atoms with E-state index in [1.807, 2.05) is 0 Å². The van der Waals surface area contributed by atoms with Crippen LogP contribution in [0.5, 0.6) is 11.5 Å². The fourth-order valence-electron chi connectivity index (χ4n) is 4.06. The minimum Gasteiger partial charge on any atom is -0.490 e. The maximum atomic E-state index is 14.7. The summed E-state index contributed by atoms with van der Waals surface area (Å²) in [5.74, 6) is -1.39. The summed E-state index contributed by atoms with van der Waals surface area (Å²) in [6, 6.07) is 2.98. The van der Waals surface area contributed by atoms with Crippen molar-refractivity contribution in [1.29, 1.82) is 0 Å². The van der Waals surface area contributed by atoms with E-state index in [-0.39, 0.29) is 18.3 Å². The molecule has 2 saturated carbocycles. The summed E-state index contributed by atoms with van der Waals surface area (Å²) >= 11 is 0. The van der Waals surface area contributed by atoms with Crippen molar-refractivity contribution in [3.63, 3.8) is 0 Å². The number of hydrogen-bond donors (Lipinski definition) is 0. The molecule has 140 valence electrons. The molecule has 1 aromatic rings. The van der Waals surface area contributed by atoms with Gasteiger partial charge in [-0.2, -0.15) is 0 Å². The van der Waals surface area contributed by atoms with Crippen LogP contribution in [0.15, 0.2) is 12.1 Å². The number of rotatable bonds is 6. The molecule has 25 heavy (non-hydrogen) atoms. The molecule has 6 heteroatoms. The third kappa shape index (κ3) is 4.79. The maximum absolute atomic E-state index is 14.7. The van der Waals surface area contributed by atoms with E-state index >= 15 is 0 Å². The van der Waals surface area contributed by atoms with Crippen molar-refractivity contribution >= 4 is 0 Å². The highest BCUT2D eigenvalue weighted by Crippen LogP contribution is 2.43. The molecule has 0 N–H and O–H groups in total. The molecule has 0 amide bonds. The second-order valence-electron chi connectivity index (χ2n) is 7.11. The van der Waals surface area contributed by atoms with Crippen molar-refractivity contribution in [3.8, 4) is 11.5 Å². The Morgan fingerprint density at radius 1 is 0.960 bits per heavy atom. The molecule has 2 nitrogen and oxygen atoms in total. The van der Waals surface area contributed by atoms with Gasteiger partial charge in [-0.3, -0.25) is 0 Å². The quantitative estimate of drug-likeness (QED) is 0.551. The van der Waals surface area contributed by atoms with Crippen LogP contribution >= 0.6 is 0 Å². The number of alkyl halides is 3. The van der Waals surface area contributed by atoms with Crippen LogP contribution < -0.4 is 9.47 Å². The van der Waals surface area contributed by atoms with Crippen LogP contribution in [-0.2, 0) is 0 Å². The second-order valence-corrected chi connectivity index (χ2v) is 7.11. The molecule has 2 fully saturated rings. The molecule has 0 radical (unpaired) electrons. The Bertz CT molecular complexity index is 574. The molecule has 0 aromatic heterocycles. The van der Waals surface area contributed by atoms with E-state index in [0.29, 0.717) is 11.5 Å². The SMILES string of the molecule is Fc1c(C2CCCC2)ccc(OCCC2CCCC2)c1OC(F)(F)F. The third-order valence-corrected chi connectivity index (χ3v) is 5.36. The minimum atomic E-state index is -4.95. The van der Waals surface area contributed by atoms with Gasteiger partial charge in [0.25, 0.3) is 0 Å². The van der Waals surface area contributed by atoms with Crippen molar-refractivity contribution in [2.24, 2.45) is 5.92 Å². The first kappa shape index (κ1) is 18.3. The summed E-state index contributed by atoms with van der Waals surface area (Å²) in [5, 5.41) is 0. The zero-order valence-corrected chi connectivity index (χ0v) is 14.2. The summed E-state index contributed by atoms with van der Waals surface area (Å²) in [7, 11) is 0. The van der Waals surface area contributed by atoms with E-state index in [9.17, 15) is 17.6 Å². The molecule has 0 bridgehead atoms. The van der Waals surface area contributed by atoms with Crippen molar-refractivity contribution in [2.45, 2.75) is 70.1 Å². The molecule has 0 aliphatic heterocycles. The van der Waals surface area contributed by atoms with E-state index < -0.39 is 17.9 Å². The Kier molecular flexibility index (Phi) is 5.74. The van der Waals surface area contributed by atoms with Gasteiger partial charge in [0.05, 0.1) is 6.61 Å². The van der Waals surface area contributed by atoms with Crippen LogP contribution in [0.4, 0.5) is 17.6 Å². The van der Waals surface area contributed by atoms with Gasteiger partial charge in [-0.1, -0.05) is 44.6 Å². The van der Waals surface area contributed by atoms with Crippen LogP contribution in [0.1, 0.15) is 69.3 Å². The topological polar surface area (TPSA) is 18.5 Å². The van der Waals surface area contributed by atoms with Gasteiger partial charge in [0, 0.05) is 0 Å². The van der Waals surface area contributed by atoms with Crippen molar-refractivity contribution in [1.82, 2.24) is 0 Å². The summed E-state index contributed by atoms with van der Waals surface area (Å²) < 4.78 is 62.4. The molecule has 3 rings (SSSR count). The first-order valence-electron chi connectivity index (χ1n) is 9.15. The Morgan fingerprint density at radius 3 is 2.24 bits per heavy atom. The van der Waals surface area contributed by atoms with Gasteiger partial charge < -0.3 is 9.47 Å². The summed E-state index contributed by atoms with van der Waals surface area (Å²) in [5.41, 5.74) is 0.305. The normalized spacial score (nSPS) is 19.5. The molecule has 0 unspecified atom stereocenters. The zero-order chi connectivity index (χ0) is 17.9. The van der Waals surface area contributed by atoms with Crippen LogP contribution in [-0.4, -0.2) is 13.0 Å². The Labute approximate surface area is 145 Å². The molecule has 1 aromatic carbocycles. The molecule has 0 heterocycles. The average molecular weight is 360 g/mol. The fourth-order valence-corrected chi connectivity index (χ4v) is 4.06. The van der Waals surface area contributed by atoms with E-state index in [4.69, 9.17) is 4.74 Å². The van der Waals surface area contributed by atoms with Gasteiger partial charge in [0.15, 0.2) is 11.6 Å². The van der Waals surface area contributed by atoms with Crippen LogP contribution in [0.25, 0.3) is 0 Å². The lowest BCUT2D eigenvalue weighted by Gasteiger charge is -2.19. The Hall–Kier alpha value is -1.46. The molecular weight excluding hydrogens is 336 g/mol. The smallest absolute Gasteiger partial charge is 0.490 e. The van der Waals surface area contributed by atoms with E-state index in [0.717, 1.165) is 44.9 Å². The van der Waals surface area contributed by atoms with Crippen molar-refractivity contribution in [2.75, 3.05) is 6.61 Å². The maximum Gasteiger partial charge on any atom is 0.573 e. The number of hydrogen-bond acceptors (Lipinski definition) is 2. The van der Waals surface area contributed by atoms with Gasteiger partial charge >= 0.3 is 6.36 Å². The minimum absolute atomic E-state index is 0.0388. The lowest BCUT2D eigenvalue weighted by molar-refractivity contribution is -0.276. The standard InChI is InChI=1S/C19H24F4O2/c20-17-15(14-7-3-4-8-14)9-10-16(18(17)25-19(21,22)23)24-12-11-13-5-1-2-6-13/h9-10,13-14H,1-8,11-12H2. The van der Waals surface area contributed by atoms with Crippen LogP contribution in [0.2, 0.25) is 0 Å². The van der Waals surface area contributed by atoms with E-state index in [2.05, 4.69) is 4.74 Å². The lowest BCUT2D eigenvalue weighted by atomic mass is 9.96. The molecule has 0 spiro atoms. The monoisotopic (exact) mass is 360 g/mol. The molecule has 0 atom stereocenters. The highest BCUT2D eigenvalue weighted by molar-refractivity contribution is 5.46. The van der Waals surface area contributed by atoms with E-state index in [1.165, 1.54) is 18.9 Å². The van der Waals surface area contributed by atoms with Gasteiger partial charge in [0.1, 0.15) is 0 Å². The third-order valence-electron chi connectivity index (χ3n) is 5.36.